The van der Waals surface area contributed by atoms with Crippen molar-refractivity contribution < 1.29 is 9.47 Å². The van der Waals surface area contributed by atoms with Gasteiger partial charge in [-0.25, -0.2) is 0 Å². The number of nitrogens with one attached hydrogen (secondary N) is 1. The number of fused-ring (bicyclic) bond motifs is 1. The molecule has 0 saturated heterocycles. The van der Waals surface area contributed by atoms with E-state index in [0.29, 0.717) is 6.04 Å². The first kappa shape index (κ1) is 18.8. The largest absolute Gasteiger partial charge is 0.493 e. The second-order valence-corrected chi connectivity index (χ2v) is 8.15. The predicted octanol–water partition coefficient (Wildman–Crippen LogP) is 4.82. The first-order valence-corrected chi connectivity index (χ1v) is 9.50. The van der Waals surface area contributed by atoms with Crippen molar-refractivity contribution in [1.82, 2.24) is 5.32 Å². The van der Waals surface area contributed by atoms with Crippen molar-refractivity contribution >= 4 is 0 Å². The standard InChI is InChI=1S/C23H31NO2/c1-23(2,3)18-9-6-16(7-10-18)8-11-20-19-15-22(26-5)21(25-4)14-17(19)12-13-24-20/h6-7,9-10,14-15,20,24H,8,11-13H2,1-5H3/t20-/m0/s1. The molecule has 0 spiro atoms. The number of rotatable bonds is 5. The summed E-state index contributed by atoms with van der Waals surface area (Å²) in [7, 11) is 3.40. The quantitative estimate of drug-likeness (QED) is 0.836. The molecule has 3 nitrogen and oxygen atoms in total. The van der Waals surface area contributed by atoms with E-state index >= 15 is 0 Å². The molecule has 0 aliphatic carbocycles. The van der Waals surface area contributed by atoms with Gasteiger partial charge in [-0.3, -0.25) is 0 Å². The summed E-state index contributed by atoms with van der Waals surface area (Å²) in [4.78, 5) is 0. The van der Waals surface area contributed by atoms with Crippen molar-refractivity contribution in [3.63, 3.8) is 0 Å². The monoisotopic (exact) mass is 353 g/mol. The van der Waals surface area contributed by atoms with E-state index in [0.717, 1.165) is 37.3 Å². The minimum Gasteiger partial charge on any atom is -0.493 e. The number of methoxy groups -OCH3 is 2. The summed E-state index contributed by atoms with van der Waals surface area (Å²) in [5, 5.41) is 3.67. The molecule has 0 fully saturated rings. The van der Waals surface area contributed by atoms with Crippen LogP contribution in [0.4, 0.5) is 0 Å². The molecule has 140 valence electrons. The van der Waals surface area contributed by atoms with E-state index in [1.165, 1.54) is 22.3 Å². The molecule has 1 aliphatic rings. The van der Waals surface area contributed by atoms with Crippen molar-refractivity contribution in [2.75, 3.05) is 20.8 Å². The van der Waals surface area contributed by atoms with Gasteiger partial charge in [0, 0.05) is 6.04 Å². The Labute approximate surface area is 157 Å². The van der Waals surface area contributed by atoms with Gasteiger partial charge in [0.1, 0.15) is 0 Å². The molecule has 1 N–H and O–H groups in total. The van der Waals surface area contributed by atoms with Crippen molar-refractivity contribution in [2.45, 2.75) is 51.5 Å². The molecule has 2 aromatic carbocycles. The van der Waals surface area contributed by atoms with Crippen molar-refractivity contribution in [1.29, 1.82) is 0 Å². The Hall–Kier alpha value is -2.00. The van der Waals surface area contributed by atoms with E-state index < -0.39 is 0 Å². The lowest BCUT2D eigenvalue weighted by atomic mass is 9.86. The number of hydrogen-bond acceptors (Lipinski definition) is 3. The molecule has 0 amide bonds. The van der Waals surface area contributed by atoms with E-state index in [9.17, 15) is 0 Å². The molecule has 0 radical (unpaired) electrons. The van der Waals surface area contributed by atoms with Gasteiger partial charge in [-0.05, 0) is 65.6 Å². The number of benzene rings is 2. The van der Waals surface area contributed by atoms with Gasteiger partial charge in [-0.1, -0.05) is 45.0 Å². The molecule has 2 aromatic rings. The van der Waals surface area contributed by atoms with Gasteiger partial charge < -0.3 is 14.8 Å². The SMILES string of the molecule is COc1cc2c(cc1OC)[C@H](CCc1ccc(C(C)(C)C)cc1)NCC2. The molecule has 0 unspecified atom stereocenters. The fourth-order valence-corrected chi connectivity index (χ4v) is 3.71. The summed E-state index contributed by atoms with van der Waals surface area (Å²) in [6.45, 7) is 7.78. The normalized spacial score (nSPS) is 16.9. The van der Waals surface area contributed by atoms with Gasteiger partial charge in [0.25, 0.3) is 0 Å². The van der Waals surface area contributed by atoms with E-state index in [4.69, 9.17) is 9.47 Å². The first-order chi connectivity index (χ1) is 12.4. The van der Waals surface area contributed by atoms with Gasteiger partial charge in [-0.15, -0.1) is 0 Å². The molecular formula is C23H31NO2. The van der Waals surface area contributed by atoms with Crippen molar-refractivity contribution in [3.05, 3.63) is 58.7 Å². The van der Waals surface area contributed by atoms with E-state index in [2.05, 4.69) is 62.5 Å². The van der Waals surface area contributed by atoms with Gasteiger partial charge in [-0.2, -0.15) is 0 Å². The molecule has 0 bridgehead atoms. The minimum absolute atomic E-state index is 0.206. The smallest absolute Gasteiger partial charge is 0.161 e. The molecule has 0 aromatic heterocycles. The average Bonchev–Trinajstić information content (AvgIpc) is 2.64. The van der Waals surface area contributed by atoms with Gasteiger partial charge in [0.05, 0.1) is 14.2 Å². The Morgan fingerprint density at radius 1 is 1.00 bits per heavy atom. The maximum Gasteiger partial charge on any atom is 0.161 e. The first-order valence-electron chi connectivity index (χ1n) is 9.50. The van der Waals surface area contributed by atoms with Crippen LogP contribution in [0.3, 0.4) is 0 Å². The van der Waals surface area contributed by atoms with Crippen LogP contribution in [0.2, 0.25) is 0 Å². The summed E-state index contributed by atoms with van der Waals surface area (Å²) in [5.74, 6) is 1.64. The number of ether oxygens (including phenoxy) is 2. The second kappa shape index (κ2) is 7.71. The van der Waals surface area contributed by atoms with E-state index in [-0.39, 0.29) is 5.41 Å². The Balaban J connectivity index is 1.74. The molecule has 0 saturated carbocycles. The van der Waals surface area contributed by atoms with Gasteiger partial charge >= 0.3 is 0 Å². The maximum absolute atomic E-state index is 5.51. The highest BCUT2D eigenvalue weighted by molar-refractivity contribution is 5.49. The van der Waals surface area contributed by atoms with Crippen LogP contribution in [0.1, 0.15) is 55.5 Å². The topological polar surface area (TPSA) is 30.5 Å². The van der Waals surface area contributed by atoms with Crippen LogP contribution in [-0.2, 0) is 18.3 Å². The highest BCUT2D eigenvalue weighted by Crippen LogP contribution is 2.36. The molecular weight excluding hydrogens is 322 g/mol. The zero-order valence-electron chi connectivity index (χ0n) is 16.7. The predicted molar refractivity (Wildman–Crippen MR) is 107 cm³/mol. The van der Waals surface area contributed by atoms with E-state index in [1.54, 1.807) is 14.2 Å². The van der Waals surface area contributed by atoms with Crippen molar-refractivity contribution in [3.8, 4) is 11.5 Å². The fraction of sp³-hybridized carbons (Fsp3) is 0.478. The van der Waals surface area contributed by atoms with Gasteiger partial charge in [0.15, 0.2) is 11.5 Å². The third-order valence-corrected chi connectivity index (χ3v) is 5.35. The van der Waals surface area contributed by atoms with Crippen LogP contribution >= 0.6 is 0 Å². The van der Waals surface area contributed by atoms with Crippen LogP contribution < -0.4 is 14.8 Å². The number of aryl methyl sites for hydroxylation is 1. The highest BCUT2D eigenvalue weighted by atomic mass is 16.5. The molecule has 1 atom stereocenters. The van der Waals surface area contributed by atoms with Crippen molar-refractivity contribution in [2.24, 2.45) is 0 Å². The lowest BCUT2D eigenvalue weighted by Gasteiger charge is -2.28. The van der Waals surface area contributed by atoms with Crippen LogP contribution in [0.5, 0.6) is 11.5 Å². The highest BCUT2D eigenvalue weighted by Gasteiger charge is 2.22. The zero-order valence-corrected chi connectivity index (χ0v) is 16.7. The summed E-state index contributed by atoms with van der Waals surface area (Å²) in [5.41, 5.74) is 5.71. The van der Waals surface area contributed by atoms with Crippen LogP contribution in [0, 0.1) is 0 Å². The Kier molecular flexibility index (Phi) is 5.57. The number of hydrogen-bond donors (Lipinski definition) is 1. The summed E-state index contributed by atoms with van der Waals surface area (Å²) in [6, 6.07) is 13.7. The summed E-state index contributed by atoms with van der Waals surface area (Å²) >= 11 is 0. The minimum atomic E-state index is 0.206. The maximum atomic E-state index is 5.51. The Bertz CT molecular complexity index is 744. The Morgan fingerprint density at radius 2 is 1.65 bits per heavy atom. The van der Waals surface area contributed by atoms with E-state index in [1.807, 2.05) is 0 Å². The summed E-state index contributed by atoms with van der Waals surface area (Å²) in [6.07, 6.45) is 3.18. The molecule has 3 rings (SSSR count). The fourth-order valence-electron chi connectivity index (χ4n) is 3.71. The molecule has 1 heterocycles. The van der Waals surface area contributed by atoms with Crippen LogP contribution in [-0.4, -0.2) is 20.8 Å². The summed E-state index contributed by atoms with van der Waals surface area (Å²) < 4.78 is 11.0. The van der Waals surface area contributed by atoms with Crippen LogP contribution in [0.25, 0.3) is 0 Å². The second-order valence-electron chi connectivity index (χ2n) is 8.15. The zero-order chi connectivity index (χ0) is 18.7. The average molecular weight is 354 g/mol. The molecule has 3 heteroatoms. The van der Waals surface area contributed by atoms with Gasteiger partial charge in [0.2, 0.25) is 0 Å². The third kappa shape index (κ3) is 4.04. The third-order valence-electron chi connectivity index (χ3n) is 5.35. The Morgan fingerprint density at radius 3 is 2.27 bits per heavy atom. The lowest BCUT2D eigenvalue weighted by molar-refractivity contribution is 0.351. The lowest BCUT2D eigenvalue weighted by Crippen LogP contribution is -2.30. The molecule has 26 heavy (non-hydrogen) atoms. The molecule has 1 aliphatic heterocycles. The van der Waals surface area contributed by atoms with Crippen LogP contribution in [0.15, 0.2) is 36.4 Å².